The maximum absolute atomic E-state index is 13.5. The van der Waals surface area contributed by atoms with Crippen molar-refractivity contribution >= 4 is 23.4 Å². The number of aliphatic hydroxyl groups is 1. The quantitative estimate of drug-likeness (QED) is 0.763. The second-order valence-corrected chi connectivity index (χ2v) is 9.36. The van der Waals surface area contributed by atoms with Crippen LogP contribution in [-0.2, 0) is 9.53 Å². The van der Waals surface area contributed by atoms with E-state index in [-0.39, 0.29) is 11.5 Å². The standard InChI is InChI=1S/C24H35N3O4/c1-3-31-23(30)25-18-5-10-21(17(2)15-18)26-13-4-11-24(16-26)12-14-27(22(24)29)19-6-8-20(28)9-7-19/h5,10,15,19-20,28H,3-4,6-9,11-14,16H2,1-2H3,(H,25,30)/t19-,20-,24-/m1/s1. The van der Waals surface area contributed by atoms with Gasteiger partial charge in [-0.05, 0) is 82.6 Å². The van der Waals surface area contributed by atoms with Gasteiger partial charge in [-0.15, -0.1) is 0 Å². The van der Waals surface area contributed by atoms with E-state index in [0.29, 0.717) is 24.2 Å². The van der Waals surface area contributed by atoms with Crippen molar-refractivity contribution in [2.24, 2.45) is 5.41 Å². The van der Waals surface area contributed by atoms with Crippen LogP contribution >= 0.6 is 0 Å². The van der Waals surface area contributed by atoms with Gasteiger partial charge in [0.15, 0.2) is 0 Å². The number of hydrogen-bond acceptors (Lipinski definition) is 5. The van der Waals surface area contributed by atoms with Crippen LogP contribution in [0.15, 0.2) is 18.2 Å². The summed E-state index contributed by atoms with van der Waals surface area (Å²) in [6.07, 6.45) is 5.68. The molecule has 1 spiro atoms. The lowest BCUT2D eigenvalue weighted by Crippen LogP contribution is -2.50. The number of amides is 2. The van der Waals surface area contributed by atoms with Gasteiger partial charge in [0, 0.05) is 37.1 Å². The summed E-state index contributed by atoms with van der Waals surface area (Å²) in [4.78, 5) is 29.7. The number of aliphatic hydroxyl groups excluding tert-OH is 1. The first kappa shape index (κ1) is 21.9. The number of likely N-dealkylation sites (tertiary alicyclic amines) is 1. The van der Waals surface area contributed by atoms with Crippen molar-refractivity contribution in [2.45, 2.75) is 70.9 Å². The molecule has 1 saturated carbocycles. The number of ether oxygens (including phenoxy) is 1. The molecule has 3 aliphatic rings. The summed E-state index contributed by atoms with van der Waals surface area (Å²) in [6.45, 7) is 6.70. The van der Waals surface area contributed by atoms with E-state index in [0.717, 1.165) is 75.8 Å². The normalized spacial score (nSPS) is 28.8. The van der Waals surface area contributed by atoms with E-state index >= 15 is 0 Å². The summed E-state index contributed by atoms with van der Waals surface area (Å²) in [5.41, 5.74) is 2.63. The Morgan fingerprint density at radius 1 is 1.23 bits per heavy atom. The molecule has 4 rings (SSSR count). The molecule has 3 fully saturated rings. The summed E-state index contributed by atoms with van der Waals surface area (Å²) >= 11 is 0. The summed E-state index contributed by atoms with van der Waals surface area (Å²) < 4.78 is 4.96. The Labute approximate surface area is 184 Å². The molecule has 2 N–H and O–H groups in total. The van der Waals surface area contributed by atoms with Gasteiger partial charge in [-0.3, -0.25) is 10.1 Å². The first-order valence-electron chi connectivity index (χ1n) is 11.7. The van der Waals surface area contributed by atoms with Crippen LogP contribution in [-0.4, -0.2) is 60.4 Å². The predicted molar refractivity (Wildman–Crippen MR) is 120 cm³/mol. The van der Waals surface area contributed by atoms with Gasteiger partial charge in [-0.2, -0.15) is 0 Å². The smallest absolute Gasteiger partial charge is 0.411 e. The second kappa shape index (κ2) is 9.07. The molecule has 2 heterocycles. The number of piperidine rings is 1. The van der Waals surface area contributed by atoms with Crippen molar-refractivity contribution in [3.05, 3.63) is 23.8 Å². The van der Waals surface area contributed by atoms with E-state index in [2.05, 4.69) is 15.1 Å². The lowest BCUT2D eigenvalue weighted by Gasteiger charge is -2.42. The number of rotatable bonds is 4. The molecule has 1 atom stereocenters. The number of hydrogen-bond donors (Lipinski definition) is 2. The van der Waals surface area contributed by atoms with E-state index in [9.17, 15) is 14.7 Å². The SMILES string of the molecule is CCOC(=O)Nc1ccc(N2CCC[C@@]3(CCN([C@H]4CC[C@H](O)CC4)C3=O)C2)c(C)c1. The van der Waals surface area contributed by atoms with Gasteiger partial charge in [0.2, 0.25) is 5.91 Å². The highest BCUT2D eigenvalue weighted by molar-refractivity contribution is 5.87. The monoisotopic (exact) mass is 429 g/mol. The van der Waals surface area contributed by atoms with E-state index in [1.165, 1.54) is 0 Å². The minimum absolute atomic E-state index is 0.197. The molecule has 170 valence electrons. The highest BCUT2D eigenvalue weighted by Crippen LogP contribution is 2.44. The molecule has 1 aromatic rings. The molecular weight excluding hydrogens is 394 g/mol. The third-order valence-electron chi connectivity index (χ3n) is 7.29. The topological polar surface area (TPSA) is 82.1 Å². The van der Waals surface area contributed by atoms with Crippen LogP contribution in [0.3, 0.4) is 0 Å². The van der Waals surface area contributed by atoms with Crippen LogP contribution in [0.5, 0.6) is 0 Å². The van der Waals surface area contributed by atoms with Gasteiger partial charge in [0.1, 0.15) is 0 Å². The van der Waals surface area contributed by atoms with Gasteiger partial charge in [-0.1, -0.05) is 0 Å². The zero-order chi connectivity index (χ0) is 22.0. The molecule has 0 unspecified atom stereocenters. The van der Waals surface area contributed by atoms with Crippen LogP contribution in [0.2, 0.25) is 0 Å². The highest BCUT2D eigenvalue weighted by Gasteiger charge is 2.50. The van der Waals surface area contributed by atoms with E-state index in [1.807, 2.05) is 25.1 Å². The molecular formula is C24H35N3O4. The first-order chi connectivity index (χ1) is 14.9. The fourth-order valence-electron chi connectivity index (χ4n) is 5.65. The van der Waals surface area contributed by atoms with Crippen LogP contribution < -0.4 is 10.2 Å². The Balaban J connectivity index is 1.45. The van der Waals surface area contributed by atoms with E-state index < -0.39 is 6.09 Å². The zero-order valence-electron chi connectivity index (χ0n) is 18.7. The number of nitrogens with one attached hydrogen (secondary N) is 1. The fraction of sp³-hybridized carbons (Fsp3) is 0.667. The van der Waals surface area contributed by atoms with Gasteiger partial charge in [0.05, 0.1) is 18.1 Å². The highest BCUT2D eigenvalue weighted by atomic mass is 16.5. The number of aryl methyl sites for hydroxylation is 1. The van der Waals surface area contributed by atoms with Crippen LogP contribution in [0.1, 0.15) is 57.4 Å². The molecule has 0 aromatic heterocycles. The van der Waals surface area contributed by atoms with Gasteiger partial charge >= 0.3 is 6.09 Å². The lowest BCUT2D eigenvalue weighted by molar-refractivity contribution is -0.139. The molecule has 2 aliphatic heterocycles. The molecule has 2 saturated heterocycles. The van der Waals surface area contributed by atoms with E-state index in [4.69, 9.17) is 4.74 Å². The minimum atomic E-state index is -0.446. The third kappa shape index (κ3) is 4.52. The Hall–Kier alpha value is -2.28. The van der Waals surface area contributed by atoms with Gasteiger partial charge in [-0.25, -0.2) is 4.79 Å². The molecule has 7 nitrogen and oxygen atoms in total. The summed E-state index contributed by atoms with van der Waals surface area (Å²) in [7, 11) is 0. The van der Waals surface area contributed by atoms with Gasteiger partial charge < -0.3 is 19.6 Å². The van der Waals surface area contributed by atoms with Crippen LogP contribution in [0, 0.1) is 12.3 Å². The van der Waals surface area contributed by atoms with Crippen molar-refractivity contribution in [3.8, 4) is 0 Å². The largest absolute Gasteiger partial charge is 0.450 e. The maximum Gasteiger partial charge on any atom is 0.411 e. The first-order valence-corrected chi connectivity index (χ1v) is 11.7. The summed E-state index contributed by atoms with van der Waals surface area (Å²) in [6, 6.07) is 6.19. The molecule has 7 heteroatoms. The van der Waals surface area contributed by atoms with Gasteiger partial charge in [0.25, 0.3) is 0 Å². The predicted octanol–water partition coefficient (Wildman–Crippen LogP) is 3.69. The third-order valence-corrected chi connectivity index (χ3v) is 7.29. The van der Waals surface area contributed by atoms with Crippen molar-refractivity contribution in [3.63, 3.8) is 0 Å². The Kier molecular flexibility index (Phi) is 6.42. The van der Waals surface area contributed by atoms with E-state index in [1.54, 1.807) is 6.92 Å². The van der Waals surface area contributed by atoms with Crippen LogP contribution in [0.4, 0.5) is 16.2 Å². The number of benzene rings is 1. The Morgan fingerprint density at radius 3 is 2.71 bits per heavy atom. The lowest BCUT2D eigenvalue weighted by atomic mass is 9.78. The molecule has 0 radical (unpaired) electrons. The van der Waals surface area contributed by atoms with Crippen molar-refractivity contribution < 1.29 is 19.4 Å². The number of carbonyl (C=O) groups is 2. The van der Waals surface area contributed by atoms with Crippen molar-refractivity contribution in [1.82, 2.24) is 4.90 Å². The van der Waals surface area contributed by atoms with Crippen molar-refractivity contribution in [2.75, 3.05) is 36.5 Å². The summed E-state index contributed by atoms with van der Waals surface area (Å²) in [5.74, 6) is 0.317. The molecule has 1 aliphatic carbocycles. The Morgan fingerprint density at radius 2 is 2.00 bits per heavy atom. The number of nitrogens with zero attached hydrogens (tertiary/aromatic N) is 2. The Bertz CT molecular complexity index is 821. The minimum Gasteiger partial charge on any atom is -0.450 e. The maximum atomic E-state index is 13.5. The number of carbonyl (C=O) groups excluding carboxylic acids is 2. The number of anilines is 2. The molecule has 2 amide bonds. The average Bonchev–Trinajstić information content (AvgIpc) is 3.04. The van der Waals surface area contributed by atoms with Crippen LogP contribution in [0.25, 0.3) is 0 Å². The molecule has 1 aromatic carbocycles. The average molecular weight is 430 g/mol. The molecule has 0 bridgehead atoms. The molecule has 31 heavy (non-hydrogen) atoms. The second-order valence-electron chi connectivity index (χ2n) is 9.36. The fourth-order valence-corrected chi connectivity index (χ4v) is 5.65. The summed E-state index contributed by atoms with van der Waals surface area (Å²) in [5, 5.41) is 12.6. The zero-order valence-corrected chi connectivity index (χ0v) is 18.7. The van der Waals surface area contributed by atoms with Crippen molar-refractivity contribution in [1.29, 1.82) is 0 Å².